The van der Waals surface area contributed by atoms with E-state index in [-0.39, 0.29) is 0 Å². The normalized spacial score (nSPS) is 18.1. The van der Waals surface area contributed by atoms with E-state index in [0.717, 1.165) is 11.3 Å². The third kappa shape index (κ3) is 2.88. The van der Waals surface area contributed by atoms with Gasteiger partial charge in [0.05, 0.1) is 0 Å². The predicted octanol–water partition coefficient (Wildman–Crippen LogP) is 2.34. The largest absolute Gasteiger partial charge is 0.366 e. The number of rotatable bonds is 4. The van der Waals surface area contributed by atoms with Crippen molar-refractivity contribution in [3.63, 3.8) is 0 Å². The van der Waals surface area contributed by atoms with Gasteiger partial charge < -0.3 is 11.1 Å². The number of nitrogens with zero attached hydrogens (tertiary/aromatic N) is 3. The Labute approximate surface area is 119 Å². The molecule has 1 unspecified atom stereocenters. The van der Waals surface area contributed by atoms with Crippen LogP contribution in [0.1, 0.15) is 32.1 Å². The highest BCUT2D eigenvalue weighted by Gasteiger charge is 2.22. The minimum Gasteiger partial charge on any atom is -0.366 e. The number of nitrogens with two attached hydrogens (primary N) is 1. The van der Waals surface area contributed by atoms with Crippen molar-refractivity contribution in [2.45, 2.75) is 38.1 Å². The fraction of sp³-hybridized carbons (Fsp3) is 0.533. The van der Waals surface area contributed by atoms with E-state index in [4.69, 9.17) is 5.73 Å². The Balaban J connectivity index is 1.76. The molecule has 1 aliphatic rings. The molecule has 1 aliphatic carbocycles. The lowest BCUT2D eigenvalue weighted by Gasteiger charge is -2.30. The molecule has 3 N–H and O–H groups in total. The van der Waals surface area contributed by atoms with Gasteiger partial charge in [-0.15, -0.1) is 0 Å². The van der Waals surface area contributed by atoms with Crippen LogP contribution in [0.5, 0.6) is 0 Å². The molecule has 2 aromatic rings. The summed E-state index contributed by atoms with van der Waals surface area (Å²) < 4.78 is 0. The standard InChI is InChI=1S/C15H21N5/c16-10-13(11-4-2-1-3-5-11)19-14-7-6-12-15(20-14)18-9-8-17-12/h6-9,11,13H,1-5,10,16H2,(H,18,19,20). The first-order valence-corrected chi connectivity index (χ1v) is 7.41. The van der Waals surface area contributed by atoms with Crippen LogP contribution in [0.15, 0.2) is 24.5 Å². The third-order valence-corrected chi connectivity index (χ3v) is 4.14. The van der Waals surface area contributed by atoms with Gasteiger partial charge in [0.2, 0.25) is 0 Å². The summed E-state index contributed by atoms with van der Waals surface area (Å²) in [5.41, 5.74) is 7.44. The second kappa shape index (κ2) is 6.13. The maximum absolute atomic E-state index is 5.95. The second-order valence-corrected chi connectivity index (χ2v) is 5.48. The molecule has 0 bridgehead atoms. The van der Waals surface area contributed by atoms with Crippen molar-refractivity contribution in [3.8, 4) is 0 Å². The number of fused-ring (bicyclic) bond motifs is 1. The van der Waals surface area contributed by atoms with E-state index in [0.29, 0.717) is 24.2 Å². The lowest BCUT2D eigenvalue weighted by atomic mass is 9.84. The van der Waals surface area contributed by atoms with Crippen LogP contribution in [0, 0.1) is 5.92 Å². The zero-order chi connectivity index (χ0) is 13.8. The number of anilines is 1. The van der Waals surface area contributed by atoms with Crippen LogP contribution < -0.4 is 11.1 Å². The molecule has 1 saturated carbocycles. The number of hydrogen-bond donors (Lipinski definition) is 2. The highest BCUT2D eigenvalue weighted by atomic mass is 15.1. The Morgan fingerprint density at radius 1 is 1.15 bits per heavy atom. The van der Waals surface area contributed by atoms with Crippen LogP contribution in [0.25, 0.3) is 11.2 Å². The molecule has 106 valence electrons. The van der Waals surface area contributed by atoms with Crippen molar-refractivity contribution < 1.29 is 0 Å². The topological polar surface area (TPSA) is 76.7 Å². The van der Waals surface area contributed by atoms with Gasteiger partial charge in [-0.1, -0.05) is 19.3 Å². The smallest absolute Gasteiger partial charge is 0.180 e. The molecule has 20 heavy (non-hydrogen) atoms. The SMILES string of the molecule is NCC(Nc1ccc2nccnc2n1)C1CCCCC1. The zero-order valence-corrected chi connectivity index (χ0v) is 11.6. The molecule has 0 amide bonds. The summed E-state index contributed by atoms with van der Waals surface area (Å²) in [4.78, 5) is 13.0. The molecule has 0 spiro atoms. The van der Waals surface area contributed by atoms with Gasteiger partial charge in [0, 0.05) is 25.0 Å². The number of aromatic nitrogens is 3. The fourth-order valence-corrected chi connectivity index (χ4v) is 3.03. The molecule has 0 aliphatic heterocycles. The minimum absolute atomic E-state index is 0.303. The van der Waals surface area contributed by atoms with Crippen molar-refractivity contribution in [2.24, 2.45) is 11.7 Å². The Hall–Kier alpha value is -1.75. The minimum atomic E-state index is 0.303. The lowest BCUT2D eigenvalue weighted by molar-refractivity contribution is 0.320. The van der Waals surface area contributed by atoms with Gasteiger partial charge in [0.15, 0.2) is 5.65 Å². The van der Waals surface area contributed by atoms with Crippen LogP contribution in [-0.2, 0) is 0 Å². The molecular weight excluding hydrogens is 250 g/mol. The van der Waals surface area contributed by atoms with Gasteiger partial charge in [-0.05, 0) is 30.9 Å². The Kier molecular flexibility index (Phi) is 4.06. The fourth-order valence-electron chi connectivity index (χ4n) is 3.03. The molecule has 0 saturated heterocycles. The summed E-state index contributed by atoms with van der Waals surface area (Å²) in [5, 5.41) is 3.49. The van der Waals surface area contributed by atoms with Crippen molar-refractivity contribution in [3.05, 3.63) is 24.5 Å². The number of pyridine rings is 1. The molecule has 5 heteroatoms. The van der Waals surface area contributed by atoms with Crippen LogP contribution in [0.3, 0.4) is 0 Å². The van der Waals surface area contributed by atoms with Crippen LogP contribution in [0.2, 0.25) is 0 Å². The Morgan fingerprint density at radius 2 is 1.95 bits per heavy atom. The molecule has 0 radical (unpaired) electrons. The van der Waals surface area contributed by atoms with Crippen molar-refractivity contribution in [2.75, 3.05) is 11.9 Å². The van der Waals surface area contributed by atoms with Gasteiger partial charge in [-0.25, -0.2) is 9.97 Å². The quantitative estimate of drug-likeness (QED) is 0.892. The molecule has 5 nitrogen and oxygen atoms in total. The molecule has 3 rings (SSSR count). The van der Waals surface area contributed by atoms with Gasteiger partial charge >= 0.3 is 0 Å². The Bertz CT molecular complexity index is 565. The van der Waals surface area contributed by atoms with E-state index in [9.17, 15) is 0 Å². The molecule has 2 aromatic heterocycles. The number of hydrogen-bond acceptors (Lipinski definition) is 5. The molecule has 1 fully saturated rings. The van der Waals surface area contributed by atoms with E-state index in [2.05, 4.69) is 20.3 Å². The van der Waals surface area contributed by atoms with Crippen molar-refractivity contribution in [1.82, 2.24) is 15.0 Å². The monoisotopic (exact) mass is 271 g/mol. The zero-order valence-electron chi connectivity index (χ0n) is 11.6. The summed E-state index contributed by atoms with van der Waals surface area (Å²) in [6.07, 6.45) is 9.88. The van der Waals surface area contributed by atoms with E-state index >= 15 is 0 Å². The van der Waals surface area contributed by atoms with Crippen LogP contribution >= 0.6 is 0 Å². The lowest BCUT2D eigenvalue weighted by Crippen LogP contribution is -2.37. The third-order valence-electron chi connectivity index (χ3n) is 4.14. The van der Waals surface area contributed by atoms with E-state index < -0.39 is 0 Å². The summed E-state index contributed by atoms with van der Waals surface area (Å²) in [6.45, 7) is 0.644. The second-order valence-electron chi connectivity index (χ2n) is 5.48. The van der Waals surface area contributed by atoms with Crippen LogP contribution in [-0.4, -0.2) is 27.5 Å². The van der Waals surface area contributed by atoms with Gasteiger partial charge in [0.25, 0.3) is 0 Å². The van der Waals surface area contributed by atoms with E-state index in [1.807, 2.05) is 12.1 Å². The maximum atomic E-state index is 5.95. The van der Waals surface area contributed by atoms with Crippen molar-refractivity contribution in [1.29, 1.82) is 0 Å². The van der Waals surface area contributed by atoms with Gasteiger partial charge in [0.1, 0.15) is 11.3 Å². The highest BCUT2D eigenvalue weighted by Crippen LogP contribution is 2.27. The molecule has 0 aromatic carbocycles. The number of nitrogens with one attached hydrogen (secondary N) is 1. The first-order chi connectivity index (χ1) is 9.86. The average molecular weight is 271 g/mol. The summed E-state index contributed by atoms with van der Waals surface area (Å²) in [7, 11) is 0. The van der Waals surface area contributed by atoms with Gasteiger partial charge in [-0.2, -0.15) is 0 Å². The highest BCUT2D eigenvalue weighted by molar-refractivity contribution is 5.71. The predicted molar refractivity (Wildman–Crippen MR) is 80.4 cm³/mol. The summed E-state index contributed by atoms with van der Waals surface area (Å²) in [6, 6.07) is 4.21. The first kappa shape index (κ1) is 13.2. The first-order valence-electron chi connectivity index (χ1n) is 7.41. The maximum Gasteiger partial charge on any atom is 0.180 e. The average Bonchev–Trinajstić information content (AvgIpc) is 2.53. The Morgan fingerprint density at radius 3 is 2.75 bits per heavy atom. The molecule has 2 heterocycles. The summed E-state index contributed by atoms with van der Waals surface area (Å²) in [5.74, 6) is 1.51. The molecule has 1 atom stereocenters. The van der Waals surface area contributed by atoms with E-state index in [1.165, 1.54) is 32.1 Å². The van der Waals surface area contributed by atoms with E-state index in [1.54, 1.807) is 12.4 Å². The van der Waals surface area contributed by atoms with Gasteiger partial charge in [-0.3, -0.25) is 4.98 Å². The van der Waals surface area contributed by atoms with Crippen molar-refractivity contribution >= 4 is 17.0 Å². The molecular formula is C15H21N5. The van der Waals surface area contributed by atoms with Crippen LogP contribution in [0.4, 0.5) is 5.82 Å². The summed E-state index contributed by atoms with van der Waals surface area (Å²) >= 11 is 0.